The highest BCUT2D eigenvalue weighted by Crippen LogP contribution is 2.25. The van der Waals surface area contributed by atoms with Crippen molar-refractivity contribution in [3.8, 4) is 0 Å². The molecule has 0 aliphatic rings. The van der Waals surface area contributed by atoms with Gasteiger partial charge in [-0.3, -0.25) is 9.48 Å². The Labute approximate surface area is 138 Å². The number of nitrogens with zero attached hydrogens (tertiary/aromatic N) is 2. The van der Waals surface area contributed by atoms with E-state index in [4.69, 9.17) is 0 Å². The Kier molecular flexibility index (Phi) is 5.21. The number of carbonyl (C=O) groups excluding carboxylic acids is 1. The average molecular weight is 314 g/mol. The lowest BCUT2D eigenvalue weighted by Crippen LogP contribution is -2.42. The van der Waals surface area contributed by atoms with Crippen LogP contribution in [-0.2, 0) is 17.3 Å². The summed E-state index contributed by atoms with van der Waals surface area (Å²) in [5, 5.41) is 10.3. The molecule has 0 radical (unpaired) electrons. The number of aromatic nitrogens is 2. The van der Waals surface area contributed by atoms with Gasteiger partial charge in [-0.15, -0.1) is 0 Å². The van der Waals surface area contributed by atoms with E-state index in [1.54, 1.807) is 17.9 Å². The fourth-order valence-electron chi connectivity index (χ4n) is 2.88. The molecule has 0 fully saturated rings. The molecular weight excluding hydrogens is 288 g/mol. The van der Waals surface area contributed by atoms with Crippen molar-refractivity contribution in [1.82, 2.24) is 20.4 Å². The van der Waals surface area contributed by atoms with Gasteiger partial charge in [-0.05, 0) is 25.1 Å². The molecule has 1 amide bonds. The summed E-state index contributed by atoms with van der Waals surface area (Å²) in [7, 11) is 3.62. The zero-order valence-electron chi connectivity index (χ0n) is 14.6. The Morgan fingerprint density at radius 1 is 1.35 bits per heavy atom. The number of hydrogen-bond donors (Lipinski definition) is 2. The molecule has 0 saturated carbocycles. The van der Waals surface area contributed by atoms with Gasteiger partial charge >= 0.3 is 0 Å². The fraction of sp³-hybridized carbons (Fsp3) is 0.444. The van der Waals surface area contributed by atoms with Crippen LogP contribution < -0.4 is 10.6 Å². The summed E-state index contributed by atoms with van der Waals surface area (Å²) in [4.78, 5) is 12.5. The van der Waals surface area contributed by atoms with Gasteiger partial charge in [0.05, 0.1) is 6.20 Å². The van der Waals surface area contributed by atoms with Gasteiger partial charge in [0.2, 0.25) is 5.91 Å². The molecule has 23 heavy (non-hydrogen) atoms. The van der Waals surface area contributed by atoms with E-state index in [0.717, 1.165) is 5.56 Å². The van der Waals surface area contributed by atoms with E-state index < -0.39 is 6.04 Å². The second kappa shape index (κ2) is 6.96. The number of carbonyl (C=O) groups is 1. The van der Waals surface area contributed by atoms with Gasteiger partial charge < -0.3 is 10.6 Å². The molecule has 0 aliphatic carbocycles. The maximum absolute atomic E-state index is 12.5. The predicted octanol–water partition coefficient (Wildman–Crippen LogP) is 2.08. The molecule has 5 heteroatoms. The van der Waals surface area contributed by atoms with Crippen molar-refractivity contribution in [1.29, 1.82) is 0 Å². The summed E-state index contributed by atoms with van der Waals surface area (Å²) < 4.78 is 1.70. The van der Waals surface area contributed by atoms with Gasteiger partial charge in [0.1, 0.15) is 6.04 Å². The first kappa shape index (κ1) is 17.2. The first-order valence-electron chi connectivity index (χ1n) is 7.85. The maximum atomic E-state index is 12.5. The third kappa shape index (κ3) is 3.99. The third-order valence-electron chi connectivity index (χ3n) is 4.19. The summed E-state index contributed by atoms with van der Waals surface area (Å²) in [6.45, 7) is 6.97. The number of benzene rings is 1. The third-order valence-corrected chi connectivity index (χ3v) is 4.19. The molecule has 1 unspecified atom stereocenters. The van der Waals surface area contributed by atoms with E-state index in [1.807, 2.05) is 25.4 Å². The Morgan fingerprint density at radius 2 is 2.04 bits per heavy atom. The van der Waals surface area contributed by atoms with Crippen LogP contribution in [0.1, 0.15) is 36.6 Å². The van der Waals surface area contributed by atoms with Gasteiger partial charge in [-0.2, -0.15) is 5.10 Å². The van der Waals surface area contributed by atoms with Crippen LogP contribution in [-0.4, -0.2) is 29.3 Å². The molecule has 1 heterocycles. The van der Waals surface area contributed by atoms with E-state index in [0.29, 0.717) is 6.54 Å². The molecule has 1 aromatic heterocycles. The molecule has 0 bridgehead atoms. The van der Waals surface area contributed by atoms with Crippen LogP contribution in [0.5, 0.6) is 0 Å². The Bertz CT molecular complexity index is 675. The second-order valence-corrected chi connectivity index (χ2v) is 6.59. The zero-order chi connectivity index (χ0) is 17.0. The Hall–Kier alpha value is -2.14. The summed E-state index contributed by atoms with van der Waals surface area (Å²) in [5.41, 5.74) is 3.22. The topological polar surface area (TPSA) is 59.0 Å². The maximum Gasteiger partial charge on any atom is 0.241 e. The molecule has 1 atom stereocenters. The number of hydrogen-bond acceptors (Lipinski definition) is 3. The van der Waals surface area contributed by atoms with Crippen molar-refractivity contribution in [3.63, 3.8) is 0 Å². The molecule has 2 N–H and O–H groups in total. The number of nitrogens with one attached hydrogen (secondary N) is 2. The minimum absolute atomic E-state index is 0.0397. The number of rotatable bonds is 6. The van der Waals surface area contributed by atoms with Crippen LogP contribution in [0, 0.1) is 6.92 Å². The molecule has 1 aromatic carbocycles. The van der Waals surface area contributed by atoms with Crippen LogP contribution in [0.25, 0.3) is 0 Å². The quantitative estimate of drug-likeness (QED) is 0.858. The van der Waals surface area contributed by atoms with E-state index in [2.05, 4.69) is 48.6 Å². The molecule has 5 nitrogen and oxygen atoms in total. The molecule has 0 spiro atoms. The standard InChI is InChI=1S/C18H26N4O/c1-13-8-6-7-9-15(13)18(2,3)12-20-17(23)16(19-4)14-10-21-22(5)11-14/h6-11,16,19H,12H2,1-5H3,(H,20,23). The highest BCUT2D eigenvalue weighted by Gasteiger charge is 2.26. The normalized spacial score (nSPS) is 12.9. The lowest BCUT2D eigenvalue weighted by Gasteiger charge is -2.28. The van der Waals surface area contributed by atoms with E-state index >= 15 is 0 Å². The minimum Gasteiger partial charge on any atom is -0.354 e. The smallest absolute Gasteiger partial charge is 0.241 e. The second-order valence-electron chi connectivity index (χ2n) is 6.59. The highest BCUT2D eigenvalue weighted by atomic mass is 16.2. The zero-order valence-corrected chi connectivity index (χ0v) is 14.6. The molecule has 2 rings (SSSR count). The van der Waals surface area contributed by atoms with Crippen LogP contribution in [0.4, 0.5) is 0 Å². The van der Waals surface area contributed by atoms with Crippen molar-refractivity contribution >= 4 is 5.91 Å². The first-order chi connectivity index (χ1) is 10.8. The molecule has 0 saturated heterocycles. The van der Waals surface area contributed by atoms with Gasteiger partial charge in [-0.25, -0.2) is 0 Å². The van der Waals surface area contributed by atoms with E-state index in [-0.39, 0.29) is 11.3 Å². The molecule has 124 valence electrons. The number of aryl methyl sites for hydroxylation is 2. The Balaban J connectivity index is 2.07. The summed E-state index contributed by atoms with van der Waals surface area (Å²) in [6.07, 6.45) is 3.57. The number of amides is 1. The average Bonchev–Trinajstić information content (AvgIpc) is 2.92. The summed E-state index contributed by atoms with van der Waals surface area (Å²) in [6, 6.07) is 7.91. The summed E-state index contributed by atoms with van der Waals surface area (Å²) in [5.74, 6) is -0.0397. The number of likely N-dealkylation sites (N-methyl/N-ethyl adjacent to an activating group) is 1. The SMILES string of the molecule is CNC(C(=O)NCC(C)(C)c1ccccc1C)c1cnn(C)c1. The van der Waals surface area contributed by atoms with Gasteiger partial charge in [0.15, 0.2) is 0 Å². The molecule has 0 aliphatic heterocycles. The van der Waals surface area contributed by atoms with Crippen LogP contribution >= 0.6 is 0 Å². The van der Waals surface area contributed by atoms with Crippen molar-refractivity contribution in [2.45, 2.75) is 32.2 Å². The lowest BCUT2D eigenvalue weighted by atomic mass is 9.82. The first-order valence-corrected chi connectivity index (χ1v) is 7.85. The Morgan fingerprint density at radius 3 is 2.61 bits per heavy atom. The largest absolute Gasteiger partial charge is 0.354 e. The van der Waals surface area contributed by atoms with Crippen molar-refractivity contribution in [3.05, 3.63) is 53.3 Å². The van der Waals surface area contributed by atoms with Crippen molar-refractivity contribution < 1.29 is 4.79 Å². The lowest BCUT2D eigenvalue weighted by molar-refractivity contribution is -0.123. The monoisotopic (exact) mass is 314 g/mol. The molecular formula is C18H26N4O. The van der Waals surface area contributed by atoms with Crippen LogP contribution in [0.2, 0.25) is 0 Å². The van der Waals surface area contributed by atoms with Crippen molar-refractivity contribution in [2.24, 2.45) is 7.05 Å². The predicted molar refractivity (Wildman–Crippen MR) is 92.2 cm³/mol. The van der Waals surface area contributed by atoms with Crippen LogP contribution in [0.3, 0.4) is 0 Å². The van der Waals surface area contributed by atoms with E-state index in [1.165, 1.54) is 11.1 Å². The molecule has 2 aromatic rings. The fourth-order valence-corrected chi connectivity index (χ4v) is 2.88. The minimum atomic E-state index is -0.392. The van der Waals surface area contributed by atoms with Gasteiger partial charge in [0.25, 0.3) is 0 Å². The van der Waals surface area contributed by atoms with Crippen molar-refractivity contribution in [2.75, 3.05) is 13.6 Å². The van der Waals surface area contributed by atoms with Gasteiger partial charge in [0, 0.05) is 30.8 Å². The van der Waals surface area contributed by atoms with E-state index in [9.17, 15) is 4.79 Å². The van der Waals surface area contributed by atoms with Crippen LogP contribution in [0.15, 0.2) is 36.7 Å². The highest BCUT2D eigenvalue weighted by molar-refractivity contribution is 5.83. The summed E-state index contributed by atoms with van der Waals surface area (Å²) >= 11 is 0. The van der Waals surface area contributed by atoms with Gasteiger partial charge in [-0.1, -0.05) is 38.1 Å².